The van der Waals surface area contributed by atoms with Crippen molar-refractivity contribution in [2.75, 3.05) is 27.2 Å². The zero-order chi connectivity index (χ0) is 22.8. The lowest BCUT2D eigenvalue weighted by Gasteiger charge is -2.21. The molecule has 172 valence electrons. The van der Waals surface area contributed by atoms with Crippen LogP contribution >= 0.6 is 0 Å². The van der Waals surface area contributed by atoms with E-state index in [2.05, 4.69) is 9.88 Å². The maximum Gasteiger partial charge on any atom is 0.275 e. The molecular weight excluding hydrogens is 426 g/mol. The van der Waals surface area contributed by atoms with Crippen molar-refractivity contribution in [2.24, 2.45) is 0 Å². The summed E-state index contributed by atoms with van der Waals surface area (Å²) in [4.78, 5) is 20.6. The van der Waals surface area contributed by atoms with Gasteiger partial charge < -0.3 is 28.3 Å². The lowest BCUT2D eigenvalue weighted by molar-refractivity contribution is 0.0796. The third kappa shape index (κ3) is 4.58. The van der Waals surface area contributed by atoms with E-state index in [9.17, 15) is 4.79 Å². The number of oxazole rings is 1. The number of amides is 1. The highest BCUT2D eigenvalue weighted by molar-refractivity contribution is 5.91. The molecule has 0 fully saturated rings. The molecule has 1 aromatic heterocycles. The molecule has 0 saturated carbocycles. The lowest BCUT2D eigenvalue weighted by Crippen LogP contribution is -2.26. The molecule has 2 aliphatic rings. The van der Waals surface area contributed by atoms with Crippen molar-refractivity contribution in [3.8, 4) is 23.0 Å². The van der Waals surface area contributed by atoms with Crippen molar-refractivity contribution < 1.29 is 28.2 Å². The summed E-state index contributed by atoms with van der Waals surface area (Å²) in [5.41, 5.74) is 2.43. The summed E-state index contributed by atoms with van der Waals surface area (Å²) in [5, 5.41) is 0. The van der Waals surface area contributed by atoms with Crippen LogP contribution in [-0.2, 0) is 19.6 Å². The highest BCUT2D eigenvalue weighted by Crippen LogP contribution is 2.34. The fourth-order valence-corrected chi connectivity index (χ4v) is 3.77. The Hall–Kier alpha value is -3.72. The quantitative estimate of drug-likeness (QED) is 0.515. The highest BCUT2D eigenvalue weighted by atomic mass is 16.7. The monoisotopic (exact) mass is 451 g/mol. The Bertz CT molecular complexity index is 1100. The third-order valence-corrected chi connectivity index (χ3v) is 5.64. The molecule has 1 amide bonds. The van der Waals surface area contributed by atoms with Crippen molar-refractivity contribution in [2.45, 2.75) is 26.6 Å². The van der Waals surface area contributed by atoms with Gasteiger partial charge in [-0.05, 0) is 42.3 Å². The molecule has 0 radical (unpaired) electrons. The number of carbonyl (C=O) groups is 1. The summed E-state index contributed by atoms with van der Waals surface area (Å²) in [7, 11) is 1.74. The van der Waals surface area contributed by atoms with Crippen LogP contribution in [0.5, 0.6) is 23.0 Å². The van der Waals surface area contributed by atoms with E-state index < -0.39 is 0 Å². The smallest absolute Gasteiger partial charge is 0.275 e. The third-order valence-electron chi connectivity index (χ3n) is 5.64. The van der Waals surface area contributed by atoms with Gasteiger partial charge in [0, 0.05) is 26.7 Å². The van der Waals surface area contributed by atoms with Gasteiger partial charge in [0.1, 0.15) is 6.26 Å². The molecule has 5 rings (SSSR count). The van der Waals surface area contributed by atoms with Gasteiger partial charge in [0.05, 0.1) is 6.54 Å². The molecule has 9 nitrogen and oxygen atoms in total. The number of nitrogens with zero attached hydrogens (tertiary/aromatic N) is 3. The Morgan fingerprint density at radius 3 is 2.03 bits per heavy atom. The first-order valence-electron chi connectivity index (χ1n) is 10.8. The minimum Gasteiger partial charge on any atom is -0.454 e. The summed E-state index contributed by atoms with van der Waals surface area (Å²) >= 11 is 0. The second kappa shape index (κ2) is 9.03. The topological polar surface area (TPSA) is 86.5 Å². The highest BCUT2D eigenvalue weighted by Gasteiger charge is 2.20. The molecule has 0 atom stereocenters. The van der Waals surface area contributed by atoms with Crippen LogP contribution in [0.2, 0.25) is 0 Å². The van der Waals surface area contributed by atoms with Crippen molar-refractivity contribution in [3.05, 3.63) is 65.4 Å². The van der Waals surface area contributed by atoms with E-state index in [1.54, 1.807) is 11.9 Å². The molecule has 9 heteroatoms. The number of ether oxygens (including phenoxy) is 4. The summed E-state index contributed by atoms with van der Waals surface area (Å²) in [6.07, 6.45) is 1.42. The molecule has 0 spiro atoms. The molecule has 0 N–H and O–H groups in total. The fraction of sp³-hybridized carbons (Fsp3) is 0.333. The van der Waals surface area contributed by atoms with Gasteiger partial charge in [-0.25, -0.2) is 4.98 Å². The van der Waals surface area contributed by atoms with Crippen molar-refractivity contribution in [1.29, 1.82) is 0 Å². The van der Waals surface area contributed by atoms with Crippen LogP contribution in [0.4, 0.5) is 0 Å². The molecule has 0 saturated heterocycles. The molecular formula is C24H25N3O6. The Labute approximate surface area is 191 Å². The maximum atomic E-state index is 12.4. The minimum absolute atomic E-state index is 0.161. The summed E-state index contributed by atoms with van der Waals surface area (Å²) in [5.74, 6) is 3.29. The van der Waals surface area contributed by atoms with E-state index in [0.29, 0.717) is 37.8 Å². The predicted octanol–water partition coefficient (Wildman–Crippen LogP) is 3.43. The normalized spacial score (nSPS) is 13.5. The first-order chi connectivity index (χ1) is 16.1. The van der Waals surface area contributed by atoms with Crippen LogP contribution in [-0.4, -0.2) is 47.9 Å². The zero-order valence-electron chi connectivity index (χ0n) is 18.6. The number of fused-ring (bicyclic) bond motifs is 2. The van der Waals surface area contributed by atoms with E-state index in [0.717, 1.165) is 34.1 Å². The second-order valence-electron chi connectivity index (χ2n) is 7.97. The van der Waals surface area contributed by atoms with Crippen molar-refractivity contribution >= 4 is 5.91 Å². The number of aromatic nitrogens is 1. The Morgan fingerprint density at radius 1 is 0.879 bits per heavy atom. The van der Waals surface area contributed by atoms with Gasteiger partial charge in [0.2, 0.25) is 19.5 Å². The SMILES string of the molecule is CCN(C)C(=O)c1coc(CN(Cc2ccc3c(c2)OCO3)Cc2ccc3c(c2)OCO3)n1. The van der Waals surface area contributed by atoms with E-state index >= 15 is 0 Å². The average Bonchev–Trinajstić information content (AvgIpc) is 3.58. The maximum absolute atomic E-state index is 12.4. The summed E-state index contributed by atoms with van der Waals surface area (Å²) in [6, 6.07) is 11.8. The molecule has 33 heavy (non-hydrogen) atoms. The van der Waals surface area contributed by atoms with Gasteiger partial charge >= 0.3 is 0 Å². The first kappa shape index (κ1) is 21.1. The van der Waals surface area contributed by atoms with Gasteiger partial charge in [-0.1, -0.05) is 12.1 Å². The van der Waals surface area contributed by atoms with Crippen LogP contribution < -0.4 is 18.9 Å². The second-order valence-corrected chi connectivity index (χ2v) is 7.97. The predicted molar refractivity (Wildman–Crippen MR) is 117 cm³/mol. The largest absolute Gasteiger partial charge is 0.454 e. The van der Waals surface area contributed by atoms with E-state index in [1.165, 1.54) is 6.26 Å². The zero-order valence-corrected chi connectivity index (χ0v) is 18.6. The van der Waals surface area contributed by atoms with Gasteiger partial charge in [-0.3, -0.25) is 9.69 Å². The van der Waals surface area contributed by atoms with Crippen molar-refractivity contribution in [3.63, 3.8) is 0 Å². The number of benzene rings is 2. The molecule has 0 bridgehead atoms. The average molecular weight is 451 g/mol. The minimum atomic E-state index is -0.161. The summed E-state index contributed by atoms with van der Waals surface area (Å²) < 4.78 is 27.5. The van der Waals surface area contributed by atoms with Gasteiger partial charge in [-0.15, -0.1) is 0 Å². The van der Waals surface area contributed by atoms with Crippen molar-refractivity contribution in [1.82, 2.24) is 14.8 Å². The molecule has 2 aromatic carbocycles. The molecule has 0 aliphatic carbocycles. The van der Waals surface area contributed by atoms with Crippen LogP contribution in [0, 0.1) is 0 Å². The van der Waals surface area contributed by atoms with Crippen LogP contribution in [0.25, 0.3) is 0 Å². The van der Waals surface area contributed by atoms with Gasteiger partial charge in [0.25, 0.3) is 5.91 Å². The van der Waals surface area contributed by atoms with E-state index in [-0.39, 0.29) is 19.5 Å². The summed E-state index contributed by atoms with van der Waals surface area (Å²) in [6.45, 7) is 4.64. The molecule has 0 unspecified atom stereocenters. The Balaban J connectivity index is 1.36. The number of rotatable bonds is 8. The molecule has 3 heterocycles. The number of carbonyl (C=O) groups excluding carboxylic acids is 1. The van der Waals surface area contributed by atoms with Crippen LogP contribution in [0.3, 0.4) is 0 Å². The Kier molecular flexibility index (Phi) is 5.78. The van der Waals surface area contributed by atoms with Gasteiger partial charge in [0.15, 0.2) is 28.7 Å². The molecule has 3 aromatic rings. The first-order valence-corrected chi connectivity index (χ1v) is 10.8. The van der Waals surface area contributed by atoms with Crippen LogP contribution in [0.15, 0.2) is 47.1 Å². The van der Waals surface area contributed by atoms with E-state index in [1.807, 2.05) is 43.3 Å². The van der Waals surface area contributed by atoms with E-state index in [4.69, 9.17) is 23.4 Å². The standard InChI is InChI=1S/C24H25N3O6/c1-3-26(2)24(28)18-13-29-23(25-18)12-27(10-16-4-6-19-21(8-16)32-14-30-19)11-17-5-7-20-22(9-17)33-15-31-20/h4-9,13H,3,10-12,14-15H2,1-2H3. The fourth-order valence-electron chi connectivity index (χ4n) is 3.77. The lowest BCUT2D eigenvalue weighted by atomic mass is 10.1. The number of hydrogen-bond donors (Lipinski definition) is 0. The molecule has 2 aliphatic heterocycles. The van der Waals surface area contributed by atoms with Gasteiger partial charge in [-0.2, -0.15) is 0 Å². The Morgan fingerprint density at radius 2 is 1.45 bits per heavy atom. The number of hydrogen-bond acceptors (Lipinski definition) is 8. The van der Waals surface area contributed by atoms with Crippen LogP contribution in [0.1, 0.15) is 34.4 Å².